The average molecular weight is 319 g/mol. The van der Waals surface area contributed by atoms with Gasteiger partial charge in [-0.3, -0.25) is 9.59 Å². The topological polar surface area (TPSA) is 80.3 Å². The van der Waals surface area contributed by atoms with Gasteiger partial charge < -0.3 is 15.4 Å². The molecule has 1 rings (SSSR count). The Balaban J connectivity index is 2.48. The van der Waals surface area contributed by atoms with Crippen LogP contribution in [0, 0.1) is 0 Å². The lowest BCUT2D eigenvalue weighted by molar-refractivity contribution is -0.154. The maximum Gasteiger partial charge on any atom is 0.422 e. The van der Waals surface area contributed by atoms with E-state index in [-0.39, 0.29) is 29.9 Å². The predicted octanol–water partition coefficient (Wildman–Crippen LogP) is 1.28. The number of nitrogens with zero attached hydrogens (tertiary/aromatic N) is 1. The third-order valence-electron chi connectivity index (χ3n) is 2.24. The molecule has 0 bridgehead atoms. The second-order valence-corrected chi connectivity index (χ2v) is 4.69. The van der Waals surface area contributed by atoms with Crippen LogP contribution in [0.25, 0.3) is 0 Å². The van der Waals surface area contributed by atoms with Crippen LogP contribution in [0.3, 0.4) is 0 Å². The molecular weight excluding hydrogens is 303 g/mol. The van der Waals surface area contributed by atoms with E-state index >= 15 is 0 Å². The first-order chi connectivity index (χ1) is 10.2. The van der Waals surface area contributed by atoms with E-state index in [9.17, 15) is 22.8 Å². The zero-order valence-electron chi connectivity index (χ0n) is 12.0. The van der Waals surface area contributed by atoms with Crippen molar-refractivity contribution in [2.24, 2.45) is 0 Å². The molecule has 1 heterocycles. The molecule has 0 aliphatic heterocycles. The lowest BCUT2D eigenvalue weighted by Crippen LogP contribution is -2.39. The van der Waals surface area contributed by atoms with E-state index in [1.54, 1.807) is 13.8 Å². The first kappa shape index (κ1) is 17.7. The lowest BCUT2D eigenvalue weighted by Gasteiger charge is -2.10. The first-order valence-corrected chi connectivity index (χ1v) is 6.40. The number of alkyl halides is 3. The van der Waals surface area contributed by atoms with Crippen molar-refractivity contribution in [2.45, 2.75) is 26.1 Å². The fourth-order valence-electron chi connectivity index (χ4n) is 1.39. The third-order valence-corrected chi connectivity index (χ3v) is 2.24. The third kappa shape index (κ3) is 6.91. The van der Waals surface area contributed by atoms with Crippen molar-refractivity contribution in [3.63, 3.8) is 0 Å². The minimum atomic E-state index is -4.46. The zero-order chi connectivity index (χ0) is 16.8. The number of ether oxygens (including phenoxy) is 1. The molecule has 122 valence electrons. The second kappa shape index (κ2) is 7.62. The molecule has 0 aliphatic carbocycles. The molecule has 2 amide bonds. The Kier molecular flexibility index (Phi) is 6.14. The summed E-state index contributed by atoms with van der Waals surface area (Å²) in [6, 6.07) is 2.36. The summed E-state index contributed by atoms with van der Waals surface area (Å²) in [4.78, 5) is 26.7. The van der Waals surface area contributed by atoms with Gasteiger partial charge in [0.2, 0.25) is 11.8 Å². The summed E-state index contributed by atoms with van der Waals surface area (Å²) >= 11 is 0. The molecule has 2 N–H and O–H groups in total. The number of carbonyl (C=O) groups excluding carboxylic acids is 2. The molecular formula is C13H16F3N3O3. The second-order valence-electron chi connectivity index (χ2n) is 4.69. The SMILES string of the molecule is CC(C)NC(=O)CNC(=O)c1ccc(OCC(F)(F)F)nc1. The predicted molar refractivity (Wildman–Crippen MR) is 71.4 cm³/mol. The Labute approximate surface area is 125 Å². The molecule has 1 aromatic heterocycles. The maximum atomic E-state index is 12.0. The molecule has 0 saturated heterocycles. The Morgan fingerprint density at radius 1 is 1.32 bits per heavy atom. The molecule has 0 saturated carbocycles. The van der Waals surface area contributed by atoms with Gasteiger partial charge in [0.05, 0.1) is 12.1 Å². The first-order valence-electron chi connectivity index (χ1n) is 6.40. The summed E-state index contributed by atoms with van der Waals surface area (Å²) in [6.45, 7) is 1.90. The van der Waals surface area contributed by atoms with Crippen molar-refractivity contribution in [3.05, 3.63) is 23.9 Å². The standard InChI is InChI=1S/C13H16F3N3O3/c1-8(2)19-10(20)6-18-12(21)9-3-4-11(17-5-9)22-7-13(14,15)16/h3-5,8H,6-7H2,1-2H3,(H,18,21)(H,19,20). The number of carbonyl (C=O) groups is 2. The van der Waals surface area contributed by atoms with Crippen LogP contribution in [0.2, 0.25) is 0 Å². The number of halogens is 3. The highest BCUT2D eigenvalue weighted by Gasteiger charge is 2.28. The van der Waals surface area contributed by atoms with Gasteiger partial charge >= 0.3 is 6.18 Å². The van der Waals surface area contributed by atoms with Gasteiger partial charge in [0.1, 0.15) is 0 Å². The van der Waals surface area contributed by atoms with Crippen LogP contribution >= 0.6 is 0 Å². The number of pyridine rings is 1. The van der Waals surface area contributed by atoms with Gasteiger partial charge in [-0.15, -0.1) is 0 Å². The summed E-state index contributed by atoms with van der Waals surface area (Å²) in [5, 5.41) is 4.96. The highest BCUT2D eigenvalue weighted by molar-refractivity contribution is 5.96. The van der Waals surface area contributed by atoms with Crippen molar-refractivity contribution in [3.8, 4) is 5.88 Å². The number of aromatic nitrogens is 1. The van der Waals surface area contributed by atoms with Crippen molar-refractivity contribution >= 4 is 11.8 Å². The molecule has 0 atom stereocenters. The zero-order valence-corrected chi connectivity index (χ0v) is 12.0. The van der Waals surface area contributed by atoms with E-state index < -0.39 is 18.7 Å². The molecule has 0 spiro atoms. The minimum Gasteiger partial charge on any atom is -0.468 e. The van der Waals surface area contributed by atoms with Crippen LogP contribution in [0.15, 0.2) is 18.3 Å². The molecule has 22 heavy (non-hydrogen) atoms. The molecule has 9 heteroatoms. The maximum absolute atomic E-state index is 12.0. The van der Waals surface area contributed by atoms with Crippen LogP contribution in [0.5, 0.6) is 5.88 Å². The van der Waals surface area contributed by atoms with E-state index in [2.05, 4.69) is 20.4 Å². The Hall–Kier alpha value is -2.32. The number of hydrogen-bond acceptors (Lipinski definition) is 4. The molecule has 0 aliphatic rings. The molecule has 0 radical (unpaired) electrons. The van der Waals surface area contributed by atoms with Crippen molar-refractivity contribution in [1.29, 1.82) is 0 Å². The Morgan fingerprint density at radius 2 is 2.00 bits per heavy atom. The highest BCUT2D eigenvalue weighted by atomic mass is 19.4. The summed E-state index contributed by atoms with van der Waals surface area (Å²) in [5.41, 5.74) is 0.108. The number of nitrogens with one attached hydrogen (secondary N) is 2. The molecule has 0 unspecified atom stereocenters. The van der Waals surface area contributed by atoms with E-state index in [1.807, 2.05) is 0 Å². The van der Waals surface area contributed by atoms with Crippen LogP contribution in [-0.2, 0) is 4.79 Å². The van der Waals surface area contributed by atoms with Crippen LogP contribution in [-0.4, -0.2) is 42.2 Å². The quantitative estimate of drug-likeness (QED) is 0.828. The highest BCUT2D eigenvalue weighted by Crippen LogP contribution is 2.16. The van der Waals surface area contributed by atoms with Gasteiger partial charge in [-0.1, -0.05) is 0 Å². The fourth-order valence-corrected chi connectivity index (χ4v) is 1.39. The Morgan fingerprint density at radius 3 is 2.50 bits per heavy atom. The smallest absolute Gasteiger partial charge is 0.422 e. The monoisotopic (exact) mass is 319 g/mol. The van der Waals surface area contributed by atoms with Crippen molar-refractivity contribution in [1.82, 2.24) is 15.6 Å². The van der Waals surface area contributed by atoms with Crippen LogP contribution in [0.4, 0.5) is 13.2 Å². The van der Waals surface area contributed by atoms with E-state index in [1.165, 1.54) is 6.07 Å². The summed E-state index contributed by atoms with van der Waals surface area (Å²) < 4.78 is 40.3. The number of amides is 2. The summed E-state index contributed by atoms with van der Waals surface area (Å²) in [7, 11) is 0. The largest absolute Gasteiger partial charge is 0.468 e. The number of rotatable bonds is 6. The summed E-state index contributed by atoms with van der Waals surface area (Å²) in [5.74, 6) is -1.15. The van der Waals surface area contributed by atoms with E-state index in [0.717, 1.165) is 12.3 Å². The van der Waals surface area contributed by atoms with Crippen molar-refractivity contribution in [2.75, 3.05) is 13.2 Å². The van der Waals surface area contributed by atoms with Gasteiger partial charge in [0, 0.05) is 18.3 Å². The number of hydrogen-bond donors (Lipinski definition) is 2. The summed E-state index contributed by atoms with van der Waals surface area (Å²) in [6.07, 6.45) is -3.39. The average Bonchev–Trinajstić information content (AvgIpc) is 2.41. The van der Waals surface area contributed by atoms with Crippen LogP contribution < -0.4 is 15.4 Å². The molecule has 0 fully saturated rings. The van der Waals surface area contributed by atoms with Crippen LogP contribution in [0.1, 0.15) is 24.2 Å². The fraction of sp³-hybridized carbons (Fsp3) is 0.462. The van der Waals surface area contributed by atoms with Crippen molar-refractivity contribution < 1.29 is 27.5 Å². The van der Waals surface area contributed by atoms with Gasteiger partial charge in [-0.2, -0.15) is 13.2 Å². The van der Waals surface area contributed by atoms with Gasteiger partial charge in [-0.05, 0) is 19.9 Å². The lowest BCUT2D eigenvalue weighted by atomic mass is 10.2. The molecule has 0 aromatic carbocycles. The van der Waals surface area contributed by atoms with Gasteiger partial charge in [-0.25, -0.2) is 4.98 Å². The van der Waals surface area contributed by atoms with Gasteiger partial charge in [0.25, 0.3) is 5.91 Å². The van der Waals surface area contributed by atoms with Gasteiger partial charge in [0.15, 0.2) is 6.61 Å². The normalized spacial score (nSPS) is 11.2. The molecule has 6 nitrogen and oxygen atoms in total. The van der Waals surface area contributed by atoms with E-state index in [0.29, 0.717) is 0 Å². The van der Waals surface area contributed by atoms with E-state index in [4.69, 9.17) is 0 Å². The molecule has 1 aromatic rings. The Bertz CT molecular complexity index is 516. The minimum absolute atomic E-state index is 0.0452.